The van der Waals surface area contributed by atoms with Gasteiger partial charge < -0.3 is 14.4 Å². The molecule has 2 amide bonds. The van der Waals surface area contributed by atoms with E-state index in [0.29, 0.717) is 37.7 Å². The summed E-state index contributed by atoms with van der Waals surface area (Å²) in [6.07, 6.45) is 9.18. The van der Waals surface area contributed by atoms with Gasteiger partial charge in [-0.3, -0.25) is 9.89 Å². The van der Waals surface area contributed by atoms with Gasteiger partial charge in [-0.05, 0) is 12.8 Å². The van der Waals surface area contributed by atoms with E-state index in [0.717, 1.165) is 25.7 Å². The molecule has 164 valence electrons. The minimum Gasteiger partial charge on any atom is -0.449 e. The molecule has 0 N–H and O–H groups in total. The van der Waals surface area contributed by atoms with E-state index in [4.69, 9.17) is 21.3 Å². The Balaban J connectivity index is 1.81. The molecule has 9 nitrogen and oxygen atoms in total. The third-order valence-electron chi connectivity index (χ3n) is 5.20. The lowest BCUT2D eigenvalue weighted by atomic mass is 10.1. The lowest BCUT2D eigenvalue weighted by Crippen LogP contribution is -2.57. The largest absolute Gasteiger partial charge is 0.449 e. The number of ether oxygens (including phenoxy) is 2. The van der Waals surface area contributed by atoms with Crippen LogP contribution in [-0.2, 0) is 9.47 Å². The van der Waals surface area contributed by atoms with E-state index in [1.54, 1.807) is 34.8 Å². The summed E-state index contributed by atoms with van der Waals surface area (Å²) in [5.74, 6) is 0. The van der Waals surface area contributed by atoms with Crippen LogP contribution in [-0.4, -0.2) is 77.4 Å². The van der Waals surface area contributed by atoms with Gasteiger partial charge in [-0.25, -0.2) is 9.59 Å². The second kappa shape index (κ2) is 10.1. The number of rotatable bonds is 7. The maximum absolute atomic E-state index is 12.8. The van der Waals surface area contributed by atoms with Gasteiger partial charge >= 0.3 is 12.2 Å². The molecular formula is C20H29ClN5O4+. The fourth-order valence-electron chi connectivity index (χ4n) is 3.41. The number of allylic oxidation sites excluding steroid dienone is 1. The Morgan fingerprint density at radius 3 is 2.57 bits per heavy atom. The van der Waals surface area contributed by atoms with Gasteiger partial charge in [0.25, 0.3) is 0 Å². The zero-order valence-electron chi connectivity index (χ0n) is 17.5. The molecule has 0 aromatic carbocycles. The van der Waals surface area contributed by atoms with Crippen LogP contribution in [0.2, 0.25) is 0 Å². The summed E-state index contributed by atoms with van der Waals surface area (Å²) in [5.41, 5.74) is 1.24. The zero-order chi connectivity index (χ0) is 21.6. The van der Waals surface area contributed by atoms with E-state index in [2.05, 4.69) is 9.98 Å². The van der Waals surface area contributed by atoms with Gasteiger partial charge in [0.05, 0.1) is 32.2 Å². The number of fused-ring (bicyclic) bond motifs is 1. The molecule has 1 saturated heterocycles. The fraction of sp³-hybridized carbons (Fsp3) is 0.600. The van der Waals surface area contributed by atoms with E-state index in [9.17, 15) is 9.59 Å². The predicted molar refractivity (Wildman–Crippen MR) is 114 cm³/mol. The maximum Gasteiger partial charge on any atom is 0.410 e. The number of halogens is 1. The van der Waals surface area contributed by atoms with Gasteiger partial charge in [-0.2, -0.15) is 4.99 Å². The maximum atomic E-state index is 12.8. The first kappa shape index (κ1) is 22.3. The number of carbonyl (C=O) groups is 2. The van der Waals surface area contributed by atoms with Crippen molar-refractivity contribution >= 4 is 36.5 Å². The number of hydrogen-bond acceptors (Lipinski definition) is 6. The number of unbranched alkanes of at least 4 members (excludes halogenated alkanes) is 2. The lowest BCUT2D eigenvalue weighted by molar-refractivity contribution is -0.592. The van der Waals surface area contributed by atoms with Crippen molar-refractivity contribution in [2.75, 3.05) is 32.8 Å². The number of hydrogen-bond donors (Lipinski definition) is 0. The van der Waals surface area contributed by atoms with Crippen molar-refractivity contribution in [3.05, 3.63) is 23.8 Å². The Labute approximate surface area is 182 Å². The third-order valence-corrected chi connectivity index (χ3v) is 5.58. The van der Waals surface area contributed by atoms with Crippen molar-refractivity contribution in [2.24, 2.45) is 9.98 Å². The predicted octanol–water partition coefficient (Wildman–Crippen LogP) is 3.63. The van der Waals surface area contributed by atoms with Crippen molar-refractivity contribution < 1.29 is 23.1 Å². The molecule has 0 spiro atoms. The summed E-state index contributed by atoms with van der Waals surface area (Å²) < 4.78 is 10.7. The molecular weight excluding hydrogens is 410 g/mol. The van der Waals surface area contributed by atoms with Gasteiger partial charge in [0.15, 0.2) is 11.8 Å². The van der Waals surface area contributed by atoms with Gasteiger partial charge in [0.2, 0.25) is 12.0 Å². The van der Waals surface area contributed by atoms with Crippen LogP contribution in [0.3, 0.4) is 0 Å². The van der Waals surface area contributed by atoms with Crippen LogP contribution in [0.25, 0.3) is 0 Å². The molecule has 0 aromatic heterocycles. The van der Waals surface area contributed by atoms with Crippen LogP contribution < -0.4 is 0 Å². The van der Waals surface area contributed by atoms with Gasteiger partial charge in [0, 0.05) is 13.1 Å². The highest BCUT2D eigenvalue weighted by molar-refractivity contribution is 6.14. The van der Waals surface area contributed by atoms with Crippen molar-refractivity contribution in [1.82, 2.24) is 9.80 Å². The average Bonchev–Trinajstić information content (AvgIpc) is 3.10. The number of amides is 2. The third kappa shape index (κ3) is 4.84. The topological polar surface area (TPSA) is 83.8 Å². The number of piperazine rings is 1. The number of nitrogens with zero attached hydrogens (tertiary/aromatic N) is 5. The van der Waals surface area contributed by atoms with Crippen LogP contribution >= 0.6 is 11.8 Å². The van der Waals surface area contributed by atoms with Crippen LogP contribution in [0.1, 0.15) is 39.5 Å². The number of aliphatic imine (C=N–C) groups is 2. The van der Waals surface area contributed by atoms with E-state index < -0.39 is 12.1 Å². The summed E-state index contributed by atoms with van der Waals surface area (Å²) in [5, 5.41) is 0. The molecule has 0 aromatic rings. The van der Waals surface area contributed by atoms with E-state index in [1.807, 2.05) is 13.8 Å². The quantitative estimate of drug-likeness (QED) is 0.449. The molecule has 0 saturated carbocycles. The van der Waals surface area contributed by atoms with E-state index in [1.165, 1.54) is 0 Å². The first-order valence-electron chi connectivity index (χ1n) is 10.4. The smallest absolute Gasteiger partial charge is 0.410 e. The second-order valence-corrected chi connectivity index (χ2v) is 7.93. The minimum absolute atomic E-state index is 0.144. The average molecular weight is 439 g/mol. The Morgan fingerprint density at radius 1 is 1.17 bits per heavy atom. The Morgan fingerprint density at radius 2 is 1.87 bits per heavy atom. The highest BCUT2D eigenvalue weighted by Gasteiger charge is 2.45. The van der Waals surface area contributed by atoms with Gasteiger partial charge in [-0.1, -0.05) is 26.7 Å². The molecule has 3 aliphatic heterocycles. The van der Waals surface area contributed by atoms with E-state index in [-0.39, 0.29) is 16.6 Å². The van der Waals surface area contributed by atoms with Crippen LogP contribution in [0.15, 0.2) is 33.8 Å². The van der Waals surface area contributed by atoms with Crippen molar-refractivity contribution in [3.8, 4) is 0 Å². The molecule has 3 heterocycles. The van der Waals surface area contributed by atoms with Crippen LogP contribution in [0.5, 0.6) is 0 Å². The molecule has 0 aliphatic carbocycles. The first-order chi connectivity index (χ1) is 14.5. The lowest BCUT2D eigenvalue weighted by Gasteiger charge is -2.39. The summed E-state index contributed by atoms with van der Waals surface area (Å²) >= 11 is 6.61. The first-order valence-corrected chi connectivity index (χ1v) is 10.8. The Hall–Kier alpha value is -2.39. The summed E-state index contributed by atoms with van der Waals surface area (Å²) in [6, 6.07) is -0.505. The second-order valence-electron chi connectivity index (χ2n) is 7.37. The van der Waals surface area contributed by atoms with Crippen LogP contribution in [0, 0.1) is 0 Å². The molecule has 0 radical (unpaired) electrons. The number of quaternary nitrogens is 1. The SMILES string of the molecule is CCCCOC(=O)N1CCN(C(=O)OCCCC)C(C2=C3C=NC=C[N+]3(Cl)C=N2)C1. The van der Waals surface area contributed by atoms with Crippen molar-refractivity contribution in [2.45, 2.75) is 45.6 Å². The fourth-order valence-corrected chi connectivity index (χ4v) is 3.64. The molecule has 3 rings (SSSR count). The summed E-state index contributed by atoms with van der Waals surface area (Å²) in [7, 11) is 0. The number of carbonyl (C=O) groups excluding carboxylic acids is 2. The molecule has 0 bridgehead atoms. The standard InChI is InChI=1S/C20H29ClN5O4/c1-3-5-11-29-19(27)24-8-9-25(20(28)30-12-6-4-2)16(14-24)18-17-13-22-7-10-26(17,21)15-23-18/h7,10,13,15-16H,3-6,8-9,11-12,14H2,1-2H3/q+1. The minimum atomic E-state index is -0.505. The normalized spacial score (nSPS) is 25.0. The molecule has 2 unspecified atom stereocenters. The van der Waals surface area contributed by atoms with E-state index >= 15 is 0 Å². The molecule has 1 fully saturated rings. The van der Waals surface area contributed by atoms with Gasteiger partial charge in [-0.15, -0.1) is 4.00 Å². The van der Waals surface area contributed by atoms with Crippen LogP contribution in [0.4, 0.5) is 9.59 Å². The summed E-state index contributed by atoms with van der Waals surface area (Å²) in [4.78, 5) is 37.2. The Kier molecular flexibility index (Phi) is 7.49. The molecule has 10 heteroatoms. The molecule has 30 heavy (non-hydrogen) atoms. The van der Waals surface area contributed by atoms with Crippen molar-refractivity contribution in [1.29, 1.82) is 0 Å². The highest BCUT2D eigenvalue weighted by Crippen LogP contribution is 2.35. The summed E-state index contributed by atoms with van der Waals surface area (Å²) in [6.45, 7) is 5.74. The highest BCUT2D eigenvalue weighted by atomic mass is 35.5. The van der Waals surface area contributed by atoms with Crippen molar-refractivity contribution in [3.63, 3.8) is 0 Å². The monoisotopic (exact) mass is 438 g/mol. The van der Waals surface area contributed by atoms with Gasteiger partial charge in [0.1, 0.15) is 17.9 Å². The molecule has 2 atom stereocenters. The zero-order valence-corrected chi connectivity index (χ0v) is 18.3. The molecule has 3 aliphatic rings. The Bertz CT molecular complexity index is 781.